The van der Waals surface area contributed by atoms with E-state index in [2.05, 4.69) is 0 Å². The molecule has 0 spiro atoms. The molecule has 4 nitrogen and oxygen atoms in total. The lowest BCUT2D eigenvalue weighted by molar-refractivity contribution is -0.156. The molecular weight excluding hydrogens is 158 g/mol. The minimum absolute atomic E-state index is 0.432. The molecule has 0 bridgehead atoms. The molecule has 0 saturated heterocycles. The molecule has 4 heteroatoms. The standard InChI is InChI=1S/C8H17NO3/c1-5-6(10)8(2,7(11)12)9(3)4/h6,10H,5H2,1-4H3,(H,11,12). The molecule has 0 amide bonds. The fraction of sp³-hybridized carbons (Fsp3) is 0.875. The molecule has 0 aliphatic carbocycles. The summed E-state index contributed by atoms with van der Waals surface area (Å²) in [6.45, 7) is 3.28. The Morgan fingerprint density at radius 3 is 2.08 bits per heavy atom. The predicted octanol–water partition coefficient (Wildman–Crippen LogP) is 0.162. The van der Waals surface area contributed by atoms with Crippen LogP contribution in [0.2, 0.25) is 0 Å². The Hall–Kier alpha value is -0.610. The van der Waals surface area contributed by atoms with E-state index in [0.29, 0.717) is 6.42 Å². The van der Waals surface area contributed by atoms with Crippen molar-refractivity contribution in [1.29, 1.82) is 0 Å². The molecule has 72 valence electrons. The molecule has 0 aliphatic heterocycles. The lowest BCUT2D eigenvalue weighted by atomic mass is 9.92. The fourth-order valence-corrected chi connectivity index (χ4v) is 1.03. The van der Waals surface area contributed by atoms with Gasteiger partial charge in [0.2, 0.25) is 0 Å². The second-order valence-electron chi connectivity index (χ2n) is 3.27. The van der Waals surface area contributed by atoms with Crippen molar-refractivity contribution in [1.82, 2.24) is 4.90 Å². The van der Waals surface area contributed by atoms with Crippen molar-refractivity contribution < 1.29 is 15.0 Å². The van der Waals surface area contributed by atoms with Crippen LogP contribution < -0.4 is 0 Å². The highest BCUT2D eigenvalue weighted by Crippen LogP contribution is 2.19. The van der Waals surface area contributed by atoms with Gasteiger partial charge in [0.05, 0.1) is 6.10 Å². The van der Waals surface area contributed by atoms with Gasteiger partial charge in [0.25, 0.3) is 0 Å². The van der Waals surface area contributed by atoms with Crippen LogP contribution in [-0.4, -0.2) is 46.8 Å². The van der Waals surface area contributed by atoms with Gasteiger partial charge >= 0.3 is 5.97 Å². The lowest BCUT2D eigenvalue weighted by Crippen LogP contribution is -2.56. The number of aliphatic hydroxyl groups is 1. The number of carbonyl (C=O) groups is 1. The zero-order valence-corrected chi connectivity index (χ0v) is 8.03. The molecule has 0 radical (unpaired) electrons. The van der Waals surface area contributed by atoms with Crippen molar-refractivity contribution in [3.8, 4) is 0 Å². The van der Waals surface area contributed by atoms with Gasteiger partial charge in [-0.1, -0.05) is 6.92 Å². The highest BCUT2D eigenvalue weighted by molar-refractivity contribution is 5.79. The largest absolute Gasteiger partial charge is 0.480 e. The number of nitrogens with zero attached hydrogens (tertiary/aromatic N) is 1. The van der Waals surface area contributed by atoms with Crippen LogP contribution in [0, 0.1) is 0 Å². The number of carboxylic acid groups (broad SMARTS) is 1. The molecule has 0 aromatic carbocycles. The SMILES string of the molecule is CCC(O)C(C)(C(=O)O)N(C)C. The Morgan fingerprint density at radius 2 is 2.00 bits per heavy atom. The smallest absolute Gasteiger partial charge is 0.326 e. The average molecular weight is 175 g/mol. The van der Waals surface area contributed by atoms with Crippen LogP contribution in [0.5, 0.6) is 0 Å². The minimum Gasteiger partial charge on any atom is -0.480 e. The van der Waals surface area contributed by atoms with E-state index in [1.54, 1.807) is 21.0 Å². The third-order valence-corrected chi connectivity index (χ3v) is 2.40. The van der Waals surface area contributed by atoms with Crippen molar-refractivity contribution in [2.24, 2.45) is 0 Å². The van der Waals surface area contributed by atoms with Gasteiger partial charge < -0.3 is 10.2 Å². The van der Waals surface area contributed by atoms with Gasteiger partial charge in [0, 0.05) is 0 Å². The molecule has 0 aromatic heterocycles. The highest BCUT2D eigenvalue weighted by Gasteiger charge is 2.41. The first-order valence-electron chi connectivity index (χ1n) is 3.96. The molecule has 12 heavy (non-hydrogen) atoms. The summed E-state index contributed by atoms with van der Waals surface area (Å²) in [5.74, 6) is -0.998. The molecule has 0 fully saturated rings. The lowest BCUT2D eigenvalue weighted by Gasteiger charge is -2.35. The highest BCUT2D eigenvalue weighted by atomic mass is 16.4. The Morgan fingerprint density at radius 1 is 1.58 bits per heavy atom. The first kappa shape index (κ1) is 11.4. The topological polar surface area (TPSA) is 60.8 Å². The molecule has 2 atom stereocenters. The monoisotopic (exact) mass is 175 g/mol. The zero-order chi connectivity index (χ0) is 9.94. The number of carboxylic acids is 1. The van der Waals surface area contributed by atoms with Gasteiger partial charge in [-0.05, 0) is 27.4 Å². The van der Waals surface area contributed by atoms with Crippen molar-refractivity contribution >= 4 is 5.97 Å². The van der Waals surface area contributed by atoms with Gasteiger partial charge in [-0.15, -0.1) is 0 Å². The van der Waals surface area contributed by atoms with E-state index >= 15 is 0 Å². The van der Waals surface area contributed by atoms with Gasteiger partial charge in [0.15, 0.2) is 0 Å². The molecule has 2 N–H and O–H groups in total. The van der Waals surface area contributed by atoms with E-state index in [4.69, 9.17) is 5.11 Å². The van der Waals surface area contributed by atoms with E-state index in [1.807, 2.05) is 0 Å². The van der Waals surface area contributed by atoms with Crippen LogP contribution >= 0.6 is 0 Å². The summed E-state index contributed by atoms with van der Waals surface area (Å²) >= 11 is 0. The van der Waals surface area contributed by atoms with Crippen molar-refractivity contribution in [3.05, 3.63) is 0 Å². The Kier molecular flexibility index (Phi) is 3.67. The van der Waals surface area contributed by atoms with E-state index < -0.39 is 17.6 Å². The quantitative estimate of drug-likeness (QED) is 0.639. The van der Waals surface area contributed by atoms with Crippen molar-refractivity contribution in [2.45, 2.75) is 31.9 Å². The van der Waals surface area contributed by atoms with E-state index in [0.717, 1.165) is 0 Å². The first-order valence-corrected chi connectivity index (χ1v) is 3.96. The van der Waals surface area contributed by atoms with E-state index in [9.17, 15) is 9.90 Å². The average Bonchev–Trinajstić information content (AvgIpc) is 2.00. The van der Waals surface area contributed by atoms with Crippen LogP contribution in [0.3, 0.4) is 0 Å². The molecule has 0 aliphatic rings. The van der Waals surface area contributed by atoms with Crippen LogP contribution in [-0.2, 0) is 4.79 Å². The number of aliphatic carboxylic acids is 1. The van der Waals surface area contributed by atoms with Gasteiger partial charge in [-0.25, -0.2) is 0 Å². The summed E-state index contributed by atoms with van der Waals surface area (Å²) in [6, 6.07) is 0. The van der Waals surface area contributed by atoms with Gasteiger partial charge in [-0.3, -0.25) is 9.69 Å². The summed E-state index contributed by atoms with van der Waals surface area (Å²) < 4.78 is 0. The molecule has 0 heterocycles. The maximum Gasteiger partial charge on any atom is 0.326 e. The van der Waals surface area contributed by atoms with Crippen LogP contribution in [0.1, 0.15) is 20.3 Å². The summed E-state index contributed by atoms with van der Waals surface area (Å²) in [7, 11) is 3.29. The maximum absolute atomic E-state index is 10.9. The number of hydrogen-bond acceptors (Lipinski definition) is 3. The summed E-state index contributed by atoms with van der Waals surface area (Å²) in [4.78, 5) is 12.4. The normalized spacial score (nSPS) is 18.8. The second kappa shape index (κ2) is 3.87. The van der Waals surface area contributed by atoms with Gasteiger partial charge in [-0.2, -0.15) is 0 Å². The van der Waals surface area contributed by atoms with E-state index in [-0.39, 0.29) is 0 Å². The summed E-state index contributed by atoms with van der Waals surface area (Å²) in [5, 5.41) is 18.4. The van der Waals surface area contributed by atoms with Crippen LogP contribution in [0.4, 0.5) is 0 Å². The number of hydrogen-bond donors (Lipinski definition) is 2. The van der Waals surface area contributed by atoms with Crippen LogP contribution in [0.15, 0.2) is 0 Å². The Bertz CT molecular complexity index is 170. The second-order valence-corrected chi connectivity index (χ2v) is 3.27. The maximum atomic E-state index is 10.9. The molecular formula is C8H17NO3. The Labute approximate surface area is 72.8 Å². The third-order valence-electron chi connectivity index (χ3n) is 2.40. The van der Waals surface area contributed by atoms with E-state index in [1.165, 1.54) is 11.8 Å². The third kappa shape index (κ3) is 1.76. The zero-order valence-electron chi connectivity index (χ0n) is 8.03. The van der Waals surface area contributed by atoms with Crippen LogP contribution in [0.25, 0.3) is 0 Å². The van der Waals surface area contributed by atoms with Gasteiger partial charge in [0.1, 0.15) is 5.54 Å². The summed E-state index contributed by atoms with van der Waals surface area (Å²) in [5.41, 5.74) is -1.19. The molecule has 0 saturated carbocycles. The summed E-state index contributed by atoms with van der Waals surface area (Å²) in [6.07, 6.45) is -0.411. The number of rotatable bonds is 4. The number of aliphatic hydroxyl groups excluding tert-OH is 1. The number of likely N-dealkylation sites (N-methyl/N-ethyl adjacent to an activating group) is 1. The fourth-order valence-electron chi connectivity index (χ4n) is 1.03. The van der Waals surface area contributed by atoms with Crippen molar-refractivity contribution in [2.75, 3.05) is 14.1 Å². The molecule has 2 unspecified atom stereocenters. The minimum atomic E-state index is -1.19. The van der Waals surface area contributed by atoms with Crippen molar-refractivity contribution in [3.63, 3.8) is 0 Å². The molecule has 0 rings (SSSR count). The first-order chi connectivity index (χ1) is 5.37. The molecule has 0 aromatic rings. The predicted molar refractivity (Wildman–Crippen MR) is 46.0 cm³/mol. The Balaban J connectivity index is 4.74.